The number of nitrogen functional groups attached to an aromatic ring is 1. The van der Waals surface area contributed by atoms with Crippen molar-refractivity contribution < 1.29 is 0 Å². The highest BCUT2D eigenvalue weighted by molar-refractivity contribution is 5.61. The molecule has 0 aliphatic rings. The quantitative estimate of drug-likeness (QED) is 0.911. The van der Waals surface area contributed by atoms with Gasteiger partial charge in [-0.1, -0.05) is 52.0 Å². The van der Waals surface area contributed by atoms with Crippen LogP contribution in [0.2, 0.25) is 0 Å². The average molecular weight is 269 g/mol. The van der Waals surface area contributed by atoms with Crippen LogP contribution < -0.4 is 5.73 Å². The largest absolute Gasteiger partial charge is 0.368 e. The lowest BCUT2D eigenvalue weighted by Gasteiger charge is -2.09. The van der Waals surface area contributed by atoms with E-state index in [1.54, 1.807) is 0 Å². The van der Waals surface area contributed by atoms with Crippen molar-refractivity contribution in [3.63, 3.8) is 0 Å². The molecule has 0 aliphatic carbocycles. The molecule has 0 unspecified atom stereocenters. The first-order valence-electron chi connectivity index (χ1n) is 7.19. The van der Waals surface area contributed by atoms with E-state index in [9.17, 15) is 0 Å². The summed E-state index contributed by atoms with van der Waals surface area (Å²) in [6, 6.07) is 10.6. The third-order valence-corrected chi connectivity index (χ3v) is 3.25. The van der Waals surface area contributed by atoms with Crippen molar-refractivity contribution in [3.8, 4) is 11.3 Å². The Kier molecular flexibility index (Phi) is 4.38. The van der Waals surface area contributed by atoms with Gasteiger partial charge in [-0.05, 0) is 29.9 Å². The molecule has 20 heavy (non-hydrogen) atoms. The average Bonchev–Trinajstić information content (AvgIpc) is 2.38. The molecule has 0 radical (unpaired) electrons. The lowest BCUT2D eigenvalue weighted by molar-refractivity contribution is 0.647. The van der Waals surface area contributed by atoms with Gasteiger partial charge in [0.15, 0.2) is 0 Å². The van der Waals surface area contributed by atoms with Gasteiger partial charge >= 0.3 is 0 Å². The number of nitrogens with zero attached hydrogens (tertiary/aromatic N) is 2. The van der Waals surface area contributed by atoms with Crippen molar-refractivity contribution >= 4 is 5.95 Å². The molecule has 0 spiro atoms. The molecule has 1 aromatic heterocycles. The van der Waals surface area contributed by atoms with Crippen LogP contribution >= 0.6 is 0 Å². The minimum absolute atomic E-state index is 0.345. The summed E-state index contributed by atoms with van der Waals surface area (Å²) in [5.74, 6) is 1.36. The van der Waals surface area contributed by atoms with Gasteiger partial charge < -0.3 is 5.73 Å². The molecule has 0 fully saturated rings. The van der Waals surface area contributed by atoms with Crippen molar-refractivity contribution in [1.29, 1.82) is 0 Å². The number of aromatic nitrogens is 2. The molecule has 0 saturated carbocycles. The highest BCUT2D eigenvalue weighted by Gasteiger charge is 2.08. The molecule has 0 bridgehead atoms. The Balaban J connectivity index is 2.31. The predicted octanol–water partition coefficient (Wildman–Crippen LogP) is 4.05. The summed E-state index contributed by atoms with van der Waals surface area (Å²) in [6.45, 7) is 8.68. The minimum atomic E-state index is 0.345. The fraction of sp³-hybridized carbons (Fsp3) is 0.412. The Morgan fingerprint density at radius 2 is 1.65 bits per heavy atom. The zero-order valence-electron chi connectivity index (χ0n) is 12.7. The standard InChI is InChI=1S/C17H23N3/c1-11(2)9-13-5-7-14(8-6-13)16-10-15(12(3)4)19-17(18)20-16/h5-8,10-12H,9H2,1-4H3,(H2,18,19,20). The number of hydrogen-bond donors (Lipinski definition) is 1. The van der Waals surface area contributed by atoms with E-state index >= 15 is 0 Å². The fourth-order valence-corrected chi connectivity index (χ4v) is 2.21. The topological polar surface area (TPSA) is 51.8 Å². The first kappa shape index (κ1) is 14.5. The fourth-order valence-electron chi connectivity index (χ4n) is 2.21. The monoisotopic (exact) mass is 269 g/mol. The lowest BCUT2D eigenvalue weighted by atomic mass is 10.0. The van der Waals surface area contributed by atoms with E-state index in [1.807, 2.05) is 6.07 Å². The molecule has 1 aromatic carbocycles. The predicted molar refractivity (Wildman–Crippen MR) is 84.5 cm³/mol. The lowest BCUT2D eigenvalue weighted by Crippen LogP contribution is -2.02. The van der Waals surface area contributed by atoms with Gasteiger partial charge in [-0.15, -0.1) is 0 Å². The van der Waals surface area contributed by atoms with E-state index in [4.69, 9.17) is 5.73 Å². The number of benzene rings is 1. The third-order valence-electron chi connectivity index (χ3n) is 3.25. The smallest absolute Gasteiger partial charge is 0.220 e. The van der Waals surface area contributed by atoms with Crippen LogP contribution in [0.4, 0.5) is 5.95 Å². The van der Waals surface area contributed by atoms with E-state index < -0.39 is 0 Å². The highest BCUT2D eigenvalue weighted by atomic mass is 15.0. The molecule has 0 atom stereocenters. The molecule has 0 aliphatic heterocycles. The molecule has 2 rings (SSSR count). The van der Waals surface area contributed by atoms with Gasteiger partial charge in [0.1, 0.15) is 0 Å². The summed E-state index contributed by atoms with van der Waals surface area (Å²) < 4.78 is 0. The Bertz CT molecular complexity index is 571. The summed E-state index contributed by atoms with van der Waals surface area (Å²) in [7, 11) is 0. The maximum absolute atomic E-state index is 5.81. The normalized spacial score (nSPS) is 11.3. The maximum atomic E-state index is 5.81. The van der Waals surface area contributed by atoms with Crippen LogP contribution in [0.5, 0.6) is 0 Å². The van der Waals surface area contributed by atoms with Crippen LogP contribution in [0.25, 0.3) is 11.3 Å². The van der Waals surface area contributed by atoms with Gasteiger partial charge in [0, 0.05) is 11.3 Å². The molecule has 0 saturated heterocycles. The molecule has 106 valence electrons. The second-order valence-electron chi connectivity index (χ2n) is 5.99. The van der Waals surface area contributed by atoms with Gasteiger partial charge in [-0.25, -0.2) is 9.97 Å². The van der Waals surface area contributed by atoms with E-state index in [-0.39, 0.29) is 0 Å². The second kappa shape index (κ2) is 6.04. The number of hydrogen-bond acceptors (Lipinski definition) is 3. The molecule has 3 heteroatoms. The van der Waals surface area contributed by atoms with E-state index in [2.05, 4.69) is 61.9 Å². The van der Waals surface area contributed by atoms with Crippen LogP contribution in [-0.4, -0.2) is 9.97 Å². The van der Waals surface area contributed by atoms with Crippen LogP contribution in [0.3, 0.4) is 0 Å². The second-order valence-corrected chi connectivity index (χ2v) is 5.99. The van der Waals surface area contributed by atoms with Crippen molar-refractivity contribution in [3.05, 3.63) is 41.6 Å². The molecular weight excluding hydrogens is 246 g/mol. The first-order chi connectivity index (χ1) is 9.45. The molecule has 3 nitrogen and oxygen atoms in total. The Morgan fingerprint density at radius 3 is 2.20 bits per heavy atom. The Morgan fingerprint density at radius 1 is 1.00 bits per heavy atom. The summed E-state index contributed by atoms with van der Waals surface area (Å²) in [5.41, 5.74) is 10.1. The molecular formula is C17H23N3. The first-order valence-corrected chi connectivity index (χ1v) is 7.19. The van der Waals surface area contributed by atoms with Gasteiger partial charge in [0.2, 0.25) is 5.95 Å². The van der Waals surface area contributed by atoms with Gasteiger partial charge in [-0.3, -0.25) is 0 Å². The minimum Gasteiger partial charge on any atom is -0.368 e. The van der Waals surface area contributed by atoms with Gasteiger partial charge in [-0.2, -0.15) is 0 Å². The van der Waals surface area contributed by atoms with Gasteiger partial charge in [0.05, 0.1) is 5.69 Å². The maximum Gasteiger partial charge on any atom is 0.220 e. The van der Waals surface area contributed by atoms with Crippen molar-refractivity contribution in [1.82, 2.24) is 9.97 Å². The van der Waals surface area contributed by atoms with Crippen LogP contribution in [-0.2, 0) is 6.42 Å². The molecule has 2 N–H and O–H groups in total. The highest BCUT2D eigenvalue weighted by Crippen LogP contribution is 2.23. The summed E-state index contributed by atoms with van der Waals surface area (Å²) in [6.07, 6.45) is 1.10. The van der Waals surface area contributed by atoms with Crippen molar-refractivity contribution in [2.45, 2.75) is 40.0 Å². The Labute approximate surface area is 121 Å². The van der Waals surface area contributed by atoms with Crippen molar-refractivity contribution in [2.75, 3.05) is 5.73 Å². The molecule has 1 heterocycles. The third kappa shape index (κ3) is 3.56. The molecule has 0 amide bonds. The van der Waals surface area contributed by atoms with Crippen molar-refractivity contribution in [2.24, 2.45) is 5.92 Å². The number of anilines is 1. The van der Waals surface area contributed by atoms with Crippen LogP contribution in [0.1, 0.15) is 44.9 Å². The number of nitrogens with two attached hydrogens (primary N) is 1. The van der Waals surface area contributed by atoms with E-state index in [0.29, 0.717) is 17.8 Å². The van der Waals surface area contributed by atoms with E-state index in [1.165, 1.54) is 5.56 Å². The zero-order chi connectivity index (χ0) is 14.7. The van der Waals surface area contributed by atoms with E-state index in [0.717, 1.165) is 23.4 Å². The van der Waals surface area contributed by atoms with Crippen LogP contribution in [0.15, 0.2) is 30.3 Å². The zero-order valence-corrected chi connectivity index (χ0v) is 12.7. The number of rotatable bonds is 4. The summed E-state index contributed by atoms with van der Waals surface area (Å²) >= 11 is 0. The SMILES string of the molecule is CC(C)Cc1ccc(-c2cc(C(C)C)nc(N)n2)cc1. The molecule has 2 aromatic rings. The summed E-state index contributed by atoms with van der Waals surface area (Å²) in [5, 5.41) is 0. The van der Waals surface area contributed by atoms with Gasteiger partial charge in [0.25, 0.3) is 0 Å². The summed E-state index contributed by atoms with van der Waals surface area (Å²) in [4.78, 5) is 8.63. The van der Waals surface area contributed by atoms with Crippen LogP contribution in [0, 0.1) is 5.92 Å². The Hall–Kier alpha value is -1.90.